The van der Waals surface area contributed by atoms with Gasteiger partial charge in [-0.25, -0.2) is 9.97 Å². The quantitative estimate of drug-likeness (QED) is 0.276. The molecule has 0 spiro atoms. The smallest absolute Gasteiger partial charge is 0.218 e. The number of fused-ring (bicyclic) bond motifs is 1. The van der Waals surface area contributed by atoms with Crippen molar-refractivity contribution in [1.82, 2.24) is 9.97 Å². The fraction of sp³-hybridized carbons (Fsp3) is 0. The van der Waals surface area contributed by atoms with E-state index in [2.05, 4.69) is 9.97 Å². The molecule has 0 N–H and O–H groups in total. The van der Waals surface area contributed by atoms with Gasteiger partial charge in [0.25, 0.3) is 0 Å². The molecule has 0 bridgehead atoms. The summed E-state index contributed by atoms with van der Waals surface area (Å²) in [6.07, 6.45) is 0. The number of nitrogens with zero attached hydrogens (tertiary/aromatic N) is 2. The largest absolute Gasteiger partial charge is 0.223 e. The summed E-state index contributed by atoms with van der Waals surface area (Å²) in [5.74, 6) is 0. The molecular weight excluding hydrogens is 440 g/mol. The zero-order valence-electron chi connectivity index (χ0n) is 11.3. The van der Waals surface area contributed by atoms with Crippen molar-refractivity contribution < 1.29 is 0 Å². The van der Waals surface area contributed by atoms with Gasteiger partial charge in [0.1, 0.15) is 0 Å². The van der Waals surface area contributed by atoms with Crippen molar-refractivity contribution in [3.8, 4) is 11.3 Å². The molecule has 9 heteroatoms. The Morgan fingerprint density at radius 3 is 1.83 bits per heavy atom. The second-order valence-electron chi connectivity index (χ2n) is 4.36. The average Bonchev–Trinajstić information content (AvgIpc) is 2.44. The minimum Gasteiger partial charge on any atom is -0.218 e. The van der Waals surface area contributed by atoms with E-state index in [0.717, 1.165) is 22.2 Å². The molecule has 1 heterocycles. The third-order valence-corrected chi connectivity index (χ3v) is 2.79. The van der Waals surface area contributed by atoms with Crippen molar-refractivity contribution in [2.24, 2.45) is 0 Å². The first kappa shape index (κ1) is 19.3. The van der Waals surface area contributed by atoms with E-state index in [4.69, 9.17) is 67.8 Å². The number of benzene rings is 2. The summed E-state index contributed by atoms with van der Waals surface area (Å²) >= 11 is 30.8. The normalized spacial score (nSPS) is 12.9. The van der Waals surface area contributed by atoms with Crippen LogP contribution in [0.2, 0.25) is 5.28 Å². The van der Waals surface area contributed by atoms with Crippen LogP contribution in [0.15, 0.2) is 54.6 Å². The van der Waals surface area contributed by atoms with Gasteiger partial charge in [-0.1, -0.05) is 48.5 Å². The van der Waals surface area contributed by atoms with Crippen LogP contribution in [0, 0.1) is 0 Å². The molecule has 0 aliphatic heterocycles. The molecule has 0 aliphatic rings. The molecule has 0 saturated heterocycles. The first-order valence-electron chi connectivity index (χ1n) is 6.17. The van der Waals surface area contributed by atoms with Crippen molar-refractivity contribution in [3.05, 3.63) is 59.9 Å². The number of halogens is 6. The van der Waals surface area contributed by atoms with Crippen molar-refractivity contribution in [3.63, 3.8) is 0 Å². The number of rotatable bonds is 1. The minimum absolute atomic E-state index is 0.280. The van der Waals surface area contributed by atoms with Crippen molar-refractivity contribution in [2.75, 3.05) is 0 Å². The van der Waals surface area contributed by atoms with Gasteiger partial charge >= 0.3 is 59.6 Å². The standard InChI is InChI=1S/C14H9ClN2.Cl5P/c15-14-16-12-9-5-4-8-11(12)13(17-14)10-6-2-1-3-7-10;1-6(2,3,4)5/h1-9H;. The first-order valence-corrected chi connectivity index (χ1v) is 13.3. The Hall–Kier alpha value is -0.0500. The van der Waals surface area contributed by atoms with E-state index < -0.39 is 3.37 Å². The van der Waals surface area contributed by atoms with E-state index in [-0.39, 0.29) is 5.28 Å². The maximum atomic E-state index is 5.95. The Morgan fingerprint density at radius 1 is 0.696 bits per heavy atom. The molecule has 0 atom stereocenters. The molecule has 122 valence electrons. The predicted molar refractivity (Wildman–Crippen MR) is 106 cm³/mol. The fourth-order valence-corrected chi connectivity index (χ4v) is 2.04. The van der Waals surface area contributed by atoms with E-state index in [1.54, 1.807) is 0 Å². The van der Waals surface area contributed by atoms with Crippen molar-refractivity contribution >= 4 is 82.1 Å². The van der Waals surface area contributed by atoms with E-state index in [1.807, 2.05) is 54.6 Å². The Balaban J connectivity index is 0.000000277. The molecule has 0 aliphatic carbocycles. The van der Waals surface area contributed by atoms with Gasteiger partial charge in [-0.05, 0) is 17.7 Å². The maximum absolute atomic E-state index is 5.95. The number of aromatic nitrogens is 2. The summed E-state index contributed by atoms with van der Waals surface area (Å²) in [5, 5.41) is 1.30. The van der Waals surface area contributed by atoms with Crippen molar-refractivity contribution in [2.45, 2.75) is 0 Å². The van der Waals surface area contributed by atoms with Crippen LogP contribution in [0.1, 0.15) is 0 Å². The van der Waals surface area contributed by atoms with E-state index in [9.17, 15) is 0 Å². The summed E-state index contributed by atoms with van der Waals surface area (Å²) < 4.78 is -3.69. The second kappa shape index (κ2) is 7.45. The van der Waals surface area contributed by atoms with E-state index >= 15 is 0 Å². The molecule has 0 saturated carbocycles. The van der Waals surface area contributed by atoms with Gasteiger partial charge in [-0.3, -0.25) is 0 Å². The van der Waals surface area contributed by atoms with Crippen LogP contribution >= 0.6 is 71.2 Å². The average molecular weight is 449 g/mol. The van der Waals surface area contributed by atoms with Crippen LogP contribution in [0.3, 0.4) is 0 Å². The Morgan fingerprint density at radius 2 is 1.22 bits per heavy atom. The predicted octanol–water partition coefficient (Wildman–Crippen LogP) is 8.26. The van der Waals surface area contributed by atoms with Gasteiger partial charge in [0, 0.05) is 10.9 Å². The van der Waals surface area contributed by atoms with Gasteiger partial charge in [0.05, 0.1) is 11.2 Å². The minimum atomic E-state index is -3.69. The summed E-state index contributed by atoms with van der Waals surface area (Å²) in [4.78, 5) is 8.54. The van der Waals surface area contributed by atoms with Gasteiger partial charge in [-0.15, -0.1) is 0 Å². The maximum Gasteiger partial charge on any atom is 0.223 e. The van der Waals surface area contributed by atoms with Crippen LogP contribution < -0.4 is 0 Å². The third-order valence-electron chi connectivity index (χ3n) is 2.62. The molecule has 23 heavy (non-hydrogen) atoms. The molecule has 3 rings (SSSR count). The Bertz CT molecular complexity index is 801. The van der Waals surface area contributed by atoms with Gasteiger partial charge in [0.2, 0.25) is 5.28 Å². The van der Waals surface area contributed by atoms with Crippen molar-refractivity contribution in [1.29, 1.82) is 0 Å². The van der Waals surface area contributed by atoms with E-state index in [0.29, 0.717) is 0 Å². The van der Waals surface area contributed by atoms with Crippen LogP contribution in [0.5, 0.6) is 0 Å². The van der Waals surface area contributed by atoms with E-state index in [1.165, 1.54) is 0 Å². The molecule has 1 aromatic heterocycles. The summed E-state index contributed by atoms with van der Waals surface area (Å²) in [5.41, 5.74) is 2.79. The summed E-state index contributed by atoms with van der Waals surface area (Å²) in [6.45, 7) is 0. The van der Waals surface area contributed by atoms with Gasteiger partial charge in [-0.2, -0.15) is 0 Å². The molecular formula is C14H9Cl6N2P. The molecule has 2 aromatic carbocycles. The zero-order chi connectivity index (χ0) is 17.1. The Kier molecular flexibility index (Phi) is 6.25. The summed E-state index contributed by atoms with van der Waals surface area (Å²) in [7, 11) is 0. The monoisotopic (exact) mass is 446 g/mol. The van der Waals surface area contributed by atoms with Crippen LogP contribution in [0.25, 0.3) is 22.2 Å². The topological polar surface area (TPSA) is 25.8 Å². The molecule has 0 radical (unpaired) electrons. The summed E-state index contributed by atoms with van der Waals surface area (Å²) in [6, 6.07) is 17.9. The Labute approximate surface area is 162 Å². The molecule has 0 fully saturated rings. The first-order chi connectivity index (χ1) is 10.6. The van der Waals surface area contributed by atoms with Gasteiger partial charge in [0.15, 0.2) is 0 Å². The van der Waals surface area contributed by atoms with Gasteiger partial charge < -0.3 is 0 Å². The SMILES string of the molecule is ClP(Cl)(Cl)(Cl)Cl.Clc1nc(-c2ccccc2)c2ccccc2n1. The second-order valence-corrected chi connectivity index (χ2v) is 21.3. The molecule has 0 unspecified atom stereocenters. The third kappa shape index (κ3) is 7.15. The van der Waals surface area contributed by atoms with Crippen LogP contribution in [-0.4, -0.2) is 9.97 Å². The number of para-hydroxylation sites is 1. The number of hydrogen-bond acceptors (Lipinski definition) is 2. The number of hydrogen-bond donors (Lipinski definition) is 0. The fourth-order valence-electron chi connectivity index (χ4n) is 1.86. The van der Waals surface area contributed by atoms with Crippen LogP contribution in [-0.2, 0) is 0 Å². The molecule has 2 nitrogen and oxygen atoms in total. The molecule has 3 aromatic rings. The molecule has 0 amide bonds. The zero-order valence-corrected chi connectivity index (χ0v) is 16.7. The van der Waals surface area contributed by atoms with Crippen LogP contribution in [0.4, 0.5) is 0 Å².